The number of ether oxygens (including phenoxy) is 1. The standard InChI is InChI=1S/C10H12OS2/c1-2-11-10(12)13-9-7-5-3-4-6-8-9/h3-9H,2H2,1H3. The summed E-state index contributed by atoms with van der Waals surface area (Å²) in [6.45, 7) is 2.58. The van der Waals surface area contributed by atoms with Crippen LogP contribution in [0.15, 0.2) is 36.5 Å². The molecule has 0 spiro atoms. The van der Waals surface area contributed by atoms with Crippen molar-refractivity contribution in [3.05, 3.63) is 36.5 Å². The fourth-order valence-electron chi connectivity index (χ4n) is 0.881. The lowest BCUT2D eigenvalue weighted by Crippen LogP contribution is -2.02. The van der Waals surface area contributed by atoms with E-state index in [1.165, 1.54) is 0 Å². The molecular weight excluding hydrogens is 200 g/mol. The van der Waals surface area contributed by atoms with E-state index in [4.69, 9.17) is 17.0 Å². The Hall–Kier alpha value is -0.540. The van der Waals surface area contributed by atoms with E-state index in [-0.39, 0.29) is 0 Å². The molecule has 0 aromatic heterocycles. The van der Waals surface area contributed by atoms with Gasteiger partial charge in [-0.2, -0.15) is 0 Å². The summed E-state index contributed by atoms with van der Waals surface area (Å²) >= 11 is 6.58. The van der Waals surface area contributed by atoms with Gasteiger partial charge in [0.2, 0.25) is 4.38 Å². The highest BCUT2D eigenvalue weighted by Crippen LogP contribution is 2.18. The van der Waals surface area contributed by atoms with Crippen molar-refractivity contribution in [1.82, 2.24) is 0 Å². The van der Waals surface area contributed by atoms with Crippen molar-refractivity contribution in [2.24, 2.45) is 0 Å². The summed E-state index contributed by atoms with van der Waals surface area (Å²) < 4.78 is 5.81. The van der Waals surface area contributed by atoms with Gasteiger partial charge < -0.3 is 4.74 Å². The van der Waals surface area contributed by atoms with E-state index in [1.54, 1.807) is 11.8 Å². The van der Waals surface area contributed by atoms with Gasteiger partial charge in [0.05, 0.1) is 6.61 Å². The van der Waals surface area contributed by atoms with Crippen molar-refractivity contribution in [3.63, 3.8) is 0 Å². The molecular formula is C10H12OS2. The Kier molecular flexibility index (Phi) is 4.86. The third-order valence-corrected chi connectivity index (χ3v) is 2.73. The first-order chi connectivity index (χ1) is 6.33. The highest BCUT2D eigenvalue weighted by molar-refractivity contribution is 8.23. The molecule has 0 fully saturated rings. The van der Waals surface area contributed by atoms with Gasteiger partial charge in [-0.3, -0.25) is 0 Å². The van der Waals surface area contributed by atoms with E-state index in [0.29, 0.717) is 16.2 Å². The fourth-order valence-corrected chi connectivity index (χ4v) is 2.08. The molecule has 0 aromatic rings. The number of hydrogen-bond donors (Lipinski definition) is 0. The van der Waals surface area contributed by atoms with Crippen LogP contribution in [0.1, 0.15) is 6.92 Å². The van der Waals surface area contributed by atoms with E-state index >= 15 is 0 Å². The molecule has 1 aliphatic carbocycles. The zero-order chi connectivity index (χ0) is 9.52. The Morgan fingerprint density at radius 2 is 1.92 bits per heavy atom. The van der Waals surface area contributed by atoms with Crippen LogP contribution < -0.4 is 0 Å². The molecule has 0 aliphatic heterocycles. The largest absolute Gasteiger partial charge is 0.479 e. The number of thiocarbonyl (C=S) groups is 1. The quantitative estimate of drug-likeness (QED) is 0.651. The molecule has 0 unspecified atom stereocenters. The molecule has 0 bridgehead atoms. The molecule has 0 radical (unpaired) electrons. The fraction of sp³-hybridized carbons (Fsp3) is 0.300. The highest BCUT2D eigenvalue weighted by Gasteiger charge is 2.06. The van der Waals surface area contributed by atoms with Crippen molar-refractivity contribution in [1.29, 1.82) is 0 Å². The maximum Gasteiger partial charge on any atom is 0.220 e. The van der Waals surface area contributed by atoms with Crippen molar-refractivity contribution >= 4 is 28.4 Å². The highest BCUT2D eigenvalue weighted by atomic mass is 32.2. The average molecular weight is 212 g/mol. The van der Waals surface area contributed by atoms with Crippen molar-refractivity contribution < 1.29 is 4.74 Å². The van der Waals surface area contributed by atoms with E-state index < -0.39 is 0 Å². The zero-order valence-electron chi connectivity index (χ0n) is 7.47. The normalized spacial score (nSPS) is 15.8. The second-order valence-electron chi connectivity index (χ2n) is 2.42. The Labute approximate surface area is 88.5 Å². The molecule has 0 heterocycles. The van der Waals surface area contributed by atoms with Crippen LogP contribution >= 0.6 is 24.0 Å². The summed E-state index contributed by atoms with van der Waals surface area (Å²) in [5.74, 6) is 0. The van der Waals surface area contributed by atoms with E-state index in [0.717, 1.165) is 0 Å². The molecule has 3 heteroatoms. The molecule has 0 saturated heterocycles. The summed E-state index contributed by atoms with van der Waals surface area (Å²) in [6.07, 6.45) is 12.2. The molecule has 0 amide bonds. The van der Waals surface area contributed by atoms with Crippen LogP contribution in [0.3, 0.4) is 0 Å². The van der Waals surface area contributed by atoms with Gasteiger partial charge in [0, 0.05) is 5.25 Å². The van der Waals surface area contributed by atoms with Gasteiger partial charge >= 0.3 is 0 Å². The third kappa shape index (κ3) is 4.29. The lowest BCUT2D eigenvalue weighted by atomic mass is 10.4. The van der Waals surface area contributed by atoms with Gasteiger partial charge in [-0.05, 0) is 19.1 Å². The predicted molar refractivity (Wildman–Crippen MR) is 63.0 cm³/mol. The lowest BCUT2D eigenvalue weighted by Gasteiger charge is -2.07. The van der Waals surface area contributed by atoms with Crippen LogP contribution in [0, 0.1) is 0 Å². The van der Waals surface area contributed by atoms with E-state index in [1.807, 2.05) is 31.2 Å². The van der Waals surface area contributed by atoms with Crippen molar-refractivity contribution in [2.45, 2.75) is 12.2 Å². The summed E-state index contributed by atoms with van der Waals surface area (Å²) in [4.78, 5) is 0. The molecule has 0 saturated carbocycles. The number of thioether (sulfide) groups is 1. The van der Waals surface area contributed by atoms with Crippen LogP contribution in [-0.2, 0) is 4.74 Å². The van der Waals surface area contributed by atoms with Crippen LogP contribution in [-0.4, -0.2) is 16.2 Å². The minimum absolute atomic E-state index is 0.300. The first kappa shape index (κ1) is 10.5. The summed E-state index contributed by atoms with van der Waals surface area (Å²) in [5.41, 5.74) is 0. The topological polar surface area (TPSA) is 9.23 Å². The van der Waals surface area contributed by atoms with Gasteiger partial charge in [-0.1, -0.05) is 48.2 Å². The number of rotatable bonds is 2. The number of hydrogen-bond acceptors (Lipinski definition) is 3. The van der Waals surface area contributed by atoms with Crippen LogP contribution in [0.25, 0.3) is 0 Å². The predicted octanol–water partition coefficient (Wildman–Crippen LogP) is 3.09. The Morgan fingerprint density at radius 1 is 1.31 bits per heavy atom. The van der Waals surface area contributed by atoms with Gasteiger partial charge in [-0.15, -0.1) is 0 Å². The average Bonchev–Trinajstić information content (AvgIpc) is 2.33. The third-order valence-electron chi connectivity index (χ3n) is 1.43. The molecule has 1 aliphatic rings. The Bertz CT molecular complexity index is 238. The monoisotopic (exact) mass is 212 g/mol. The first-order valence-corrected chi connectivity index (χ1v) is 5.47. The molecule has 13 heavy (non-hydrogen) atoms. The summed E-state index contributed by atoms with van der Waals surface area (Å²) in [5, 5.41) is 0.300. The second kappa shape index (κ2) is 6.00. The van der Waals surface area contributed by atoms with Crippen molar-refractivity contribution in [2.75, 3.05) is 6.61 Å². The van der Waals surface area contributed by atoms with Gasteiger partial charge in [-0.25, -0.2) is 0 Å². The second-order valence-corrected chi connectivity index (χ2v) is 4.20. The van der Waals surface area contributed by atoms with Gasteiger partial charge in [0.1, 0.15) is 0 Å². The summed E-state index contributed by atoms with van der Waals surface area (Å²) in [6, 6.07) is 0. The molecule has 0 N–H and O–H groups in total. The minimum Gasteiger partial charge on any atom is -0.479 e. The van der Waals surface area contributed by atoms with Crippen molar-refractivity contribution in [3.8, 4) is 0 Å². The van der Waals surface area contributed by atoms with Crippen LogP contribution in [0.4, 0.5) is 0 Å². The maximum absolute atomic E-state index is 5.19. The molecule has 0 aromatic carbocycles. The zero-order valence-corrected chi connectivity index (χ0v) is 9.11. The Balaban J connectivity index is 2.40. The Morgan fingerprint density at radius 3 is 2.46 bits per heavy atom. The SMILES string of the molecule is CCOC(=S)SC1C=CC=CC=C1. The van der Waals surface area contributed by atoms with Crippen LogP contribution in [0.5, 0.6) is 0 Å². The van der Waals surface area contributed by atoms with Gasteiger partial charge in [0.15, 0.2) is 0 Å². The molecule has 1 rings (SSSR count). The molecule has 70 valence electrons. The van der Waals surface area contributed by atoms with Crippen LogP contribution in [0.2, 0.25) is 0 Å². The smallest absolute Gasteiger partial charge is 0.220 e. The molecule has 1 nitrogen and oxygen atoms in total. The summed E-state index contributed by atoms with van der Waals surface area (Å²) in [7, 11) is 0. The van der Waals surface area contributed by atoms with E-state index in [2.05, 4.69) is 12.2 Å². The minimum atomic E-state index is 0.300. The number of allylic oxidation sites excluding steroid dienone is 4. The molecule has 0 atom stereocenters. The lowest BCUT2D eigenvalue weighted by molar-refractivity contribution is 0.346. The first-order valence-electron chi connectivity index (χ1n) is 4.18. The van der Waals surface area contributed by atoms with Gasteiger partial charge in [0.25, 0.3) is 0 Å². The van der Waals surface area contributed by atoms with E-state index in [9.17, 15) is 0 Å². The maximum atomic E-state index is 5.19.